The Bertz CT molecular complexity index is 309. The molecule has 0 spiro atoms. The van der Waals surface area contributed by atoms with Crippen LogP contribution < -0.4 is 0 Å². The number of piperazine rings is 1. The standard InChI is InChI=1S/C16H26N2/c1-15(2)7-5-9-17-11-13-18(14-12-17)10-6-8-16(3)4/h5-10H,11-14H2,1-4H3. The van der Waals surface area contributed by atoms with Crippen molar-refractivity contribution in [1.82, 2.24) is 9.80 Å². The first-order valence-electron chi connectivity index (χ1n) is 6.69. The Morgan fingerprint density at radius 1 is 0.667 bits per heavy atom. The summed E-state index contributed by atoms with van der Waals surface area (Å²) < 4.78 is 0. The van der Waals surface area contributed by atoms with Crippen LogP contribution in [0.1, 0.15) is 27.7 Å². The fraction of sp³-hybridized carbons (Fsp3) is 0.500. The van der Waals surface area contributed by atoms with Crippen LogP contribution in [-0.4, -0.2) is 36.0 Å². The smallest absolute Gasteiger partial charge is 0.0349 e. The molecule has 0 saturated carbocycles. The monoisotopic (exact) mass is 246 g/mol. The third kappa shape index (κ3) is 6.33. The van der Waals surface area contributed by atoms with E-state index in [0.717, 1.165) is 26.2 Å². The molecule has 1 aliphatic rings. The first kappa shape index (κ1) is 14.6. The van der Waals surface area contributed by atoms with E-state index in [-0.39, 0.29) is 0 Å². The fourth-order valence-corrected chi connectivity index (χ4v) is 1.75. The average molecular weight is 246 g/mol. The van der Waals surface area contributed by atoms with Crippen LogP contribution in [-0.2, 0) is 0 Å². The van der Waals surface area contributed by atoms with Gasteiger partial charge in [0.05, 0.1) is 0 Å². The Morgan fingerprint density at radius 3 is 1.28 bits per heavy atom. The molecule has 0 aromatic heterocycles. The Morgan fingerprint density at radius 2 is 1.00 bits per heavy atom. The number of hydrogen-bond donors (Lipinski definition) is 0. The fourth-order valence-electron chi connectivity index (χ4n) is 1.75. The molecule has 1 heterocycles. The van der Waals surface area contributed by atoms with Crippen LogP contribution in [0.4, 0.5) is 0 Å². The highest BCUT2D eigenvalue weighted by molar-refractivity contribution is 5.09. The van der Waals surface area contributed by atoms with Crippen molar-refractivity contribution in [2.45, 2.75) is 27.7 Å². The third-order valence-electron chi connectivity index (χ3n) is 2.80. The maximum absolute atomic E-state index is 2.38. The van der Waals surface area contributed by atoms with Crippen molar-refractivity contribution in [3.8, 4) is 0 Å². The minimum absolute atomic E-state index is 1.10. The average Bonchev–Trinajstić information content (AvgIpc) is 2.30. The molecule has 0 N–H and O–H groups in total. The predicted octanol–water partition coefficient (Wildman–Crippen LogP) is 3.56. The Hall–Kier alpha value is -1.44. The summed E-state index contributed by atoms with van der Waals surface area (Å²) >= 11 is 0. The van der Waals surface area contributed by atoms with Crippen LogP contribution in [0.5, 0.6) is 0 Å². The molecule has 1 aliphatic heterocycles. The van der Waals surface area contributed by atoms with E-state index < -0.39 is 0 Å². The van der Waals surface area contributed by atoms with Crippen LogP contribution in [0.3, 0.4) is 0 Å². The van der Waals surface area contributed by atoms with E-state index in [0.29, 0.717) is 0 Å². The van der Waals surface area contributed by atoms with Gasteiger partial charge in [-0.3, -0.25) is 0 Å². The van der Waals surface area contributed by atoms with E-state index in [1.807, 2.05) is 0 Å². The highest BCUT2D eigenvalue weighted by Gasteiger charge is 2.10. The van der Waals surface area contributed by atoms with Crippen LogP contribution >= 0.6 is 0 Å². The van der Waals surface area contributed by atoms with Crippen molar-refractivity contribution in [3.63, 3.8) is 0 Å². The van der Waals surface area contributed by atoms with Gasteiger partial charge in [-0.05, 0) is 52.2 Å². The molecule has 1 rings (SSSR count). The molecule has 2 heteroatoms. The maximum atomic E-state index is 2.38. The molecule has 0 bridgehead atoms. The lowest BCUT2D eigenvalue weighted by molar-refractivity contribution is 0.218. The molecule has 0 radical (unpaired) electrons. The molecule has 0 aromatic rings. The summed E-state index contributed by atoms with van der Waals surface area (Å²) in [6.07, 6.45) is 13.0. The first-order chi connectivity index (χ1) is 8.58. The van der Waals surface area contributed by atoms with Crippen molar-refractivity contribution >= 4 is 0 Å². The molecule has 100 valence electrons. The van der Waals surface area contributed by atoms with Crippen molar-refractivity contribution in [2.75, 3.05) is 26.2 Å². The summed E-state index contributed by atoms with van der Waals surface area (Å²) in [6, 6.07) is 0. The summed E-state index contributed by atoms with van der Waals surface area (Å²) in [6.45, 7) is 12.9. The van der Waals surface area contributed by atoms with Gasteiger partial charge in [0.25, 0.3) is 0 Å². The lowest BCUT2D eigenvalue weighted by Gasteiger charge is -2.33. The highest BCUT2D eigenvalue weighted by atomic mass is 15.2. The second-order valence-corrected chi connectivity index (χ2v) is 5.24. The van der Waals surface area contributed by atoms with Crippen LogP contribution in [0, 0.1) is 0 Å². The third-order valence-corrected chi connectivity index (χ3v) is 2.80. The van der Waals surface area contributed by atoms with Crippen LogP contribution in [0.2, 0.25) is 0 Å². The maximum Gasteiger partial charge on any atom is 0.0349 e. The van der Waals surface area contributed by atoms with Gasteiger partial charge >= 0.3 is 0 Å². The summed E-state index contributed by atoms with van der Waals surface area (Å²) in [5, 5.41) is 0. The molecule has 1 fully saturated rings. The van der Waals surface area contributed by atoms with Crippen LogP contribution in [0.15, 0.2) is 47.9 Å². The Balaban J connectivity index is 2.33. The molecule has 0 aromatic carbocycles. The zero-order valence-electron chi connectivity index (χ0n) is 12.2. The van der Waals surface area contributed by atoms with Crippen molar-refractivity contribution in [1.29, 1.82) is 0 Å². The lowest BCUT2D eigenvalue weighted by Crippen LogP contribution is -2.41. The molecule has 1 saturated heterocycles. The van der Waals surface area contributed by atoms with Crippen molar-refractivity contribution in [2.24, 2.45) is 0 Å². The minimum atomic E-state index is 1.10. The van der Waals surface area contributed by atoms with E-state index in [9.17, 15) is 0 Å². The molecule has 0 aliphatic carbocycles. The largest absolute Gasteiger partial charge is 0.374 e. The van der Waals surface area contributed by atoms with E-state index in [4.69, 9.17) is 0 Å². The lowest BCUT2D eigenvalue weighted by atomic mass is 10.3. The van der Waals surface area contributed by atoms with Crippen molar-refractivity contribution < 1.29 is 0 Å². The van der Waals surface area contributed by atoms with Gasteiger partial charge in [-0.15, -0.1) is 0 Å². The van der Waals surface area contributed by atoms with Gasteiger partial charge in [0.1, 0.15) is 0 Å². The Kier molecular flexibility index (Phi) is 6.34. The van der Waals surface area contributed by atoms with E-state index >= 15 is 0 Å². The SMILES string of the molecule is CC(C)=CC=CN1CCN(C=CC=C(C)C)CC1. The zero-order valence-corrected chi connectivity index (χ0v) is 12.2. The van der Waals surface area contributed by atoms with Crippen LogP contribution in [0.25, 0.3) is 0 Å². The van der Waals surface area contributed by atoms with Gasteiger partial charge in [0, 0.05) is 26.2 Å². The number of hydrogen-bond acceptors (Lipinski definition) is 2. The molecule has 0 amide bonds. The molecular formula is C16H26N2. The number of rotatable bonds is 4. The topological polar surface area (TPSA) is 6.48 Å². The number of allylic oxidation sites excluding steroid dienone is 6. The second-order valence-electron chi connectivity index (χ2n) is 5.24. The molecule has 2 nitrogen and oxygen atoms in total. The van der Waals surface area contributed by atoms with E-state index in [1.54, 1.807) is 0 Å². The Labute approximate surface area is 112 Å². The van der Waals surface area contributed by atoms with Crippen molar-refractivity contribution in [3.05, 3.63) is 47.9 Å². The predicted molar refractivity (Wildman–Crippen MR) is 80.3 cm³/mol. The van der Waals surface area contributed by atoms with Gasteiger partial charge in [0.15, 0.2) is 0 Å². The summed E-state index contributed by atoms with van der Waals surface area (Å²) in [5.41, 5.74) is 2.68. The molecule has 0 atom stereocenters. The minimum Gasteiger partial charge on any atom is -0.374 e. The summed E-state index contributed by atoms with van der Waals surface area (Å²) in [5.74, 6) is 0. The van der Waals surface area contributed by atoms with E-state index in [2.05, 4.69) is 74.2 Å². The van der Waals surface area contributed by atoms with E-state index in [1.165, 1.54) is 11.1 Å². The second kappa shape index (κ2) is 7.80. The normalized spacial score (nSPS) is 16.4. The molecular weight excluding hydrogens is 220 g/mol. The van der Waals surface area contributed by atoms with Gasteiger partial charge in [-0.2, -0.15) is 0 Å². The van der Waals surface area contributed by atoms with Gasteiger partial charge in [-0.1, -0.05) is 23.3 Å². The molecule has 0 unspecified atom stereocenters. The van der Waals surface area contributed by atoms with Gasteiger partial charge < -0.3 is 9.80 Å². The quantitative estimate of drug-likeness (QED) is 0.700. The highest BCUT2D eigenvalue weighted by Crippen LogP contribution is 2.04. The summed E-state index contributed by atoms with van der Waals surface area (Å²) in [7, 11) is 0. The van der Waals surface area contributed by atoms with Gasteiger partial charge in [-0.25, -0.2) is 0 Å². The zero-order chi connectivity index (χ0) is 13.4. The molecule has 18 heavy (non-hydrogen) atoms. The number of nitrogens with zero attached hydrogens (tertiary/aromatic N) is 2. The summed E-state index contributed by atoms with van der Waals surface area (Å²) in [4.78, 5) is 4.76. The van der Waals surface area contributed by atoms with Gasteiger partial charge in [0.2, 0.25) is 0 Å². The first-order valence-corrected chi connectivity index (χ1v) is 6.69.